The zero-order chi connectivity index (χ0) is 14.9. The van der Waals surface area contributed by atoms with Gasteiger partial charge in [-0.3, -0.25) is 0 Å². The van der Waals surface area contributed by atoms with Crippen LogP contribution >= 0.6 is 15.9 Å². The van der Waals surface area contributed by atoms with Crippen molar-refractivity contribution in [1.82, 2.24) is 4.31 Å². The summed E-state index contributed by atoms with van der Waals surface area (Å²) in [5.41, 5.74) is 5.65. The molecule has 20 heavy (non-hydrogen) atoms. The van der Waals surface area contributed by atoms with Gasteiger partial charge in [0.15, 0.2) is 0 Å². The predicted molar refractivity (Wildman–Crippen MR) is 80.3 cm³/mol. The van der Waals surface area contributed by atoms with Gasteiger partial charge in [-0.2, -0.15) is 4.31 Å². The van der Waals surface area contributed by atoms with Crippen LogP contribution in [0.2, 0.25) is 0 Å². The smallest absolute Gasteiger partial charge is 0.245 e. The average molecular weight is 365 g/mol. The number of anilines is 1. The third-order valence-electron chi connectivity index (χ3n) is 3.33. The van der Waals surface area contributed by atoms with Crippen molar-refractivity contribution >= 4 is 31.6 Å². The van der Waals surface area contributed by atoms with Crippen LogP contribution in [0.15, 0.2) is 21.5 Å². The van der Waals surface area contributed by atoms with Crippen LogP contribution in [0.4, 0.5) is 10.1 Å². The fourth-order valence-electron chi connectivity index (χ4n) is 2.07. The first-order chi connectivity index (χ1) is 9.37. The molecular weight excluding hydrogens is 347 g/mol. The molecule has 0 bridgehead atoms. The summed E-state index contributed by atoms with van der Waals surface area (Å²) in [6, 6.07) is 2.36. The quantitative estimate of drug-likeness (QED) is 0.788. The number of halogens is 2. The SMILES string of the molecule is CCCCN(C1CC1)S(=O)(=O)c1cc(Br)c(F)cc1N. The maximum absolute atomic E-state index is 13.4. The zero-order valence-corrected chi connectivity index (χ0v) is 13.7. The Hall–Kier alpha value is -0.660. The lowest BCUT2D eigenvalue weighted by Crippen LogP contribution is -2.34. The highest BCUT2D eigenvalue weighted by atomic mass is 79.9. The lowest BCUT2D eigenvalue weighted by Gasteiger charge is -2.22. The van der Waals surface area contributed by atoms with Gasteiger partial charge in [0, 0.05) is 12.6 Å². The molecule has 2 N–H and O–H groups in total. The molecule has 2 rings (SSSR count). The molecule has 112 valence electrons. The Balaban J connectivity index is 2.39. The van der Waals surface area contributed by atoms with Gasteiger partial charge in [-0.15, -0.1) is 0 Å². The summed E-state index contributed by atoms with van der Waals surface area (Å²) < 4.78 is 40.4. The van der Waals surface area contributed by atoms with Gasteiger partial charge in [0.05, 0.1) is 10.2 Å². The van der Waals surface area contributed by atoms with E-state index < -0.39 is 15.8 Å². The molecular formula is C13H18BrFN2O2S. The molecule has 1 aliphatic rings. The molecule has 0 amide bonds. The van der Waals surface area contributed by atoms with E-state index in [2.05, 4.69) is 15.9 Å². The number of unbranched alkanes of at least 4 members (excludes halogenated alkanes) is 1. The standard InChI is InChI=1S/C13H18BrFN2O2S/c1-2-3-6-17(9-4-5-9)20(18,19)13-7-10(14)11(15)8-12(13)16/h7-9H,2-6,16H2,1H3. The van der Waals surface area contributed by atoms with Gasteiger partial charge in [-0.1, -0.05) is 13.3 Å². The molecule has 1 fully saturated rings. The van der Waals surface area contributed by atoms with Crippen molar-refractivity contribution in [2.24, 2.45) is 0 Å². The highest BCUT2D eigenvalue weighted by molar-refractivity contribution is 9.10. The Morgan fingerprint density at radius 3 is 2.65 bits per heavy atom. The van der Waals surface area contributed by atoms with Gasteiger partial charge >= 0.3 is 0 Å². The largest absolute Gasteiger partial charge is 0.398 e. The van der Waals surface area contributed by atoms with Crippen molar-refractivity contribution in [2.75, 3.05) is 12.3 Å². The highest BCUT2D eigenvalue weighted by Gasteiger charge is 2.38. The monoisotopic (exact) mass is 364 g/mol. The fraction of sp³-hybridized carbons (Fsp3) is 0.538. The molecule has 1 aromatic rings. The molecule has 0 aromatic heterocycles. The van der Waals surface area contributed by atoms with E-state index in [1.807, 2.05) is 6.92 Å². The first-order valence-corrected chi connectivity index (χ1v) is 8.87. The van der Waals surface area contributed by atoms with Crippen LogP contribution in [-0.2, 0) is 10.0 Å². The Morgan fingerprint density at radius 1 is 1.45 bits per heavy atom. The van der Waals surface area contributed by atoms with E-state index in [4.69, 9.17) is 5.73 Å². The molecule has 0 radical (unpaired) electrons. The first kappa shape index (κ1) is 15.7. The first-order valence-electron chi connectivity index (χ1n) is 6.64. The summed E-state index contributed by atoms with van der Waals surface area (Å²) >= 11 is 3.01. The summed E-state index contributed by atoms with van der Waals surface area (Å²) in [6.45, 7) is 2.50. The molecule has 1 saturated carbocycles. The van der Waals surface area contributed by atoms with Crippen molar-refractivity contribution in [3.05, 3.63) is 22.4 Å². The van der Waals surface area contributed by atoms with Crippen molar-refractivity contribution in [3.8, 4) is 0 Å². The third-order valence-corrected chi connectivity index (χ3v) is 5.94. The van der Waals surface area contributed by atoms with Crippen LogP contribution in [0.5, 0.6) is 0 Å². The summed E-state index contributed by atoms with van der Waals surface area (Å²) in [6.07, 6.45) is 3.48. The predicted octanol–water partition coefficient (Wildman–Crippen LogP) is 3.12. The molecule has 7 heteroatoms. The minimum absolute atomic E-state index is 0.0196. The second-order valence-electron chi connectivity index (χ2n) is 5.00. The normalized spacial score (nSPS) is 15.8. The van der Waals surface area contributed by atoms with E-state index in [0.717, 1.165) is 31.7 Å². The molecule has 1 aromatic carbocycles. The maximum Gasteiger partial charge on any atom is 0.245 e. The molecule has 0 spiro atoms. The number of nitrogens with zero attached hydrogens (tertiary/aromatic N) is 1. The van der Waals surface area contributed by atoms with Crippen LogP contribution in [0, 0.1) is 5.82 Å². The minimum atomic E-state index is -3.67. The van der Waals surface area contributed by atoms with Gasteiger partial charge in [0.25, 0.3) is 0 Å². The summed E-state index contributed by atoms with van der Waals surface area (Å²) in [7, 11) is -3.67. The number of hydrogen-bond donors (Lipinski definition) is 1. The Labute approximate surface area is 127 Å². The summed E-state index contributed by atoms with van der Waals surface area (Å²) in [5.74, 6) is -0.562. The van der Waals surface area contributed by atoms with Gasteiger partial charge in [-0.25, -0.2) is 12.8 Å². The second-order valence-corrected chi connectivity index (χ2v) is 7.72. The van der Waals surface area contributed by atoms with Gasteiger partial charge in [-0.05, 0) is 47.3 Å². The van der Waals surface area contributed by atoms with Crippen LogP contribution in [0.1, 0.15) is 32.6 Å². The van der Waals surface area contributed by atoms with Crippen LogP contribution < -0.4 is 5.73 Å². The second kappa shape index (κ2) is 5.99. The lowest BCUT2D eigenvalue weighted by atomic mass is 10.3. The van der Waals surface area contributed by atoms with Crippen molar-refractivity contribution < 1.29 is 12.8 Å². The molecule has 0 aliphatic heterocycles. The molecule has 0 saturated heterocycles. The Morgan fingerprint density at radius 2 is 2.10 bits per heavy atom. The Kier molecular flexibility index (Phi) is 4.71. The van der Waals surface area contributed by atoms with Gasteiger partial charge in [0.2, 0.25) is 10.0 Å². The van der Waals surface area contributed by atoms with Crippen LogP contribution in [0.3, 0.4) is 0 Å². The highest BCUT2D eigenvalue weighted by Crippen LogP contribution is 2.35. The van der Waals surface area contributed by atoms with Crippen LogP contribution in [-0.4, -0.2) is 25.3 Å². The van der Waals surface area contributed by atoms with E-state index in [1.54, 1.807) is 0 Å². The number of benzene rings is 1. The zero-order valence-electron chi connectivity index (χ0n) is 11.3. The van der Waals surface area contributed by atoms with E-state index >= 15 is 0 Å². The number of hydrogen-bond acceptors (Lipinski definition) is 3. The third kappa shape index (κ3) is 3.15. The maximum atomic E-state index is 13.4. The molecule has 0 heterocycles. The molecule has 0 atom stereocenters. The minimum Gasteiger partial charge on any atom is -0.398 e. The summed E-state index contributed by atoms with van der Waals surface area (Å²) in [5, 5.41) is 0. The number of nitrogen functional groups attached to an aromatic ring is 1. The van der Waals surface area contributed by atoms with Crippen molar-refractivity contribution in [2.45, 2.75) is 43.5 Å². The average Bonchev–Trinajstić information content (AvgIpc) is 3.18. The van der Waals surface area contributed by atoms with E-state index in [9.17, 15) is 12.8 Å². The Bertz CT molecular complexity index is 603. The van der Waals surface area contributed by atoms with Crippen molar-refractivity contribution in [1.29, 1.82) is 0 Å². The topological polar surface area (TPSA) is 63.4 Å². The van der Waals surface area contributed by atoms with E-state index in [-0.39, 0.29) is 21.1 Å². The number of nitrogens with two attached hydrogens (primary N) is 1. The molecule has 0 unspecified atom stereocenters. The molecule has 4 nitrogen and oxygen atoms in total. The van der Waals surface area contributed by atoms with Gasteiger partial charge < -0.3 is 5.73 Å². The number of rotatable bonds is 6. The van der Waals surface area contributed by atoms with Crippen LogP contribution in [0.25, 0.3) is 0 Å². The van der Waals surface area contributed by atoms with E-state index in [0.29, 0.717) is 6.54 Å². The lowest BCUT2D eigenvalue weighted by molar-refractivity contribution is 0.396. The summed E-state index contributed by atoms with van der Waals surface area (Å²) in [4.78, 5) is -0.0196. The fourth-order valence-corrected chi connectivity index (χ4v) is 4.41. The number of sulfonamides is 1. The van der Waals surface area contributed by atoms with E-state index in [1.165, 1.54) is 10.4 Å². The van der Waals surface area contributed by atoms with Crippen molar-refractivity contribution in [3.63, 3.8) is 0 Å². The molecule has 1 aliphatic carbocycles. The van der Waals surface area contributed by atoms with Gasteiger partial charge in [0.1, 0.15) is 10.7 Å².